The summed E-state index contributed by atoms with van der Waals surface area (Å²) in [6.45, 7) is 6.11. The molecule has 0 saturated carbocycles. The molecule has 8 heteroatoms. The highest BCUT2D eigenvalue weighted by atomic mass is 32.2. The zero-order valence-corrected chi connectivity index (χ0v) is 18.1. The van der Waals surface area contributed by atoms with E-state index in [1.165, 1.54) is 16.4 Å². The van der Waals surface area contributed by atoms with Gasteiger partial charge in [0.05, 0.1) is 5.75 Å². The molecule has 0 N–H and O–H groups in total. The summed E-state index contributed by atoms with van der Waals surface area (Å²) in [5, 5.41) is 0. The van der Waals surface area contributed by atoms with Gasteiger partial charge in [0.2, 0.25) is 10.0 Å². The molecule has 1 fully saturated rings. The van der Waals surface area contributed by atoms with Gasteiger partial charge in [0, 0.05) is 32.3 Å². The molecule has 0 bridgehead atoms. The second-order valence-corrected chi connectivity index (χ2v) is 10.5. The van der Waals surface area contributed by atoms with Crippen LogP contribution in [0.2, 0.25) is 0 Å². The van der Waals surface area contributed by atoms with Gasteiger partial charge >= 0.3 is 0 Å². The standard InChI is InChI=1S/C22H27FN4O2S/c1-16(2)13-27-21(25-20-7-4-9-24-22(20)27)12-17-8-10-26(14-17)30(28,29)15-18-5-3-6-19(23)11-18/h3-7,9,11,16-17H,8,10,12-15H2,1-2H3/t17-/m0/s1. The maximum absolute atomic E-state index is 13.4. The number of benzene rings is 1. The largest absolute Gasteiger partial charge is 0.312 e. The van der Waals surface area contributed by atoms with Gasteiger partial charge in [0.25, 0.3) is 0 Å². The third kappa shape index (κ3) is 4.54. The Morgan fingerprint density at radius 3 is 2.83 bits per heavy atom. The number of fused-ring (bicyclic) bond motifs is 1. The smallest absolute Gasteiger partial charge is 0.218 e. The van der Waals surface area contributed by atoms with Gasteiger partial charge in [-0.05, 0) is 48.1 Å². The lowest BCUT2D eigenvalue weighted by Crippen LogP contribution is -2.30. The first-order chi connectivity index (χ1) is 14.3. The fraction of sp³-hybridized carbons (Fsp3) is 0.455. The molecule has 0 aliphatic carbocycles. The maximum atomic E-state index is 13.4. The molecule has 0 spiro atoms. The summed E-state index contributed by atoms with van der Waals surface area (Å²) in [5.74, 6) is 1.03. The van der Waals surface area contributed by atoms with Crippen molar-refractivity contribution in [2.75, 3.05) is 13.1 Å². The number of hydrogen-bond donors (Lipinski definition) is 0. The average molecular weight is 431 g/mol. The summed E-state index contributed by atoms with van der Waals surface area (Å²) in [6.07, 6.45) is 3.29. The Kier molecular flexibility index (Phi) is 5.88. The average Bonchev–Trinajstić information content (AvgIpc) is 3.27. The monoisotopic (exact) mass is 430 g/mol. The van der Waals surface area contributed by atoms with E-state index in [0.29, 0.717) is 24.6 Å². The highest BCUT2D eigenvalue weighted by molar-refractivity contribution is 7.88. The molecule has 1 saturated heterocycles. The van der Waals surface area contributed by atoms with Crippen LogP contribution in [0.5, 0.6) is 0 Å². The number of nitrogens with zero attached hydrogens (tertiary/aromatic N) is 4. The maximum Gasteiger partial charge on any atom is 0.218 e. The minimum absolute atomic E-state index is 0.173. The number of imidazole rings is 1. The summed E-state index contributed by atoms with van der Waals surface area (Å²) in [5.41, 5.74) is 2.24. The van der Waals surface area contributed by atoms with Crippen molar-refractivity contribution in [3.63, 3.8) is 0 Å². The van der Waals surface area contributed by atoms with Crippen LogP contribution in [0.25, 0.3) is 11.2 Å². The number of halogens is 1. The summed E-state index contributed by atoms with van der Waals surface area (Å²) < 4.78 is 42.8. The number of pyridine rings is 1. The van der Waals surface area contributed by atoms with Crippen molar-refractivity contribution in [3.05, 3.63) is 59.8 Å². The predicted molar refractivity (Wildman–Crippen MR) is 115 cm³/mol. The van der Waals surface area contributed by atoms with E-state index >= 15 is 0 Å². The van der Waals surface area contributed by atoms with Gasteiger partial charge in [-0.1, -0.05) is 26.0 Å². The van der Waals surface area contributed by atoms with Crippen molar-refractivity contribution in [2.45, 2.75) is 39.0 Å². The molecule has 2 aromatic heterocycles. The molecule has 4 rings (SSSR count). The van der Waals surface area contributed by atoms with Crippen LogP contribution in [0.3, 0.4) is 0 Å². The lowest BCUT2D eigenvalue weighted by Gasteiger charge is -2.17. The van der Waals surface area contributed by atoms with E-state index in [4.69, 9.17) is 4.98 Å². The minimum atomic E-state index is -3.48. The Morgan fingerprint density at radius 2 is 2.07 bits per heavy atom. The molecular formula is C22H27FN4O2S. The molecule has 6 nitrogen and oxygen atoms in total. The second kappa shape index (κ2) is 8.43. The molecule has 0 amide bonds. The Balaban J connectivity index is 1.49. The van der Waals surface area contributed by atoms with Crippen molar-refractivity contribution in [1.29, 1.82) is 0 Å². The van der Waals surface area contributed by atoms with Crippen molar-refractivity contribution in [1.82, 2.24) is 18.8 Å². The van der Waals surface area contributed by atoms with E-state index in [2.05, 4.69) is 23.4 Å². The molecule has 0 radical (unpaired) electrons. The van der Waals surface area contributed by atoms with Crippen LogP contribution < -0.4 is 0 Å². The molecule has 1 aliphatic rings. The van der Waals surface area contributed by atoms with Crippen molar-refractivity contribution < 1.29 is 12.8 Å². The minimum Gasteiger partial charge on any atom is -0.312 e. The number of rotatable bonds is 7. The fourth-order valence-electron chi connectivity index (χ4n) is 4.12. The summed E-state index contributed by atoms with van der Waals surface area (Å²) >= 11 is 0. The summed E-state index contributed by atoms with van der Waals surface area (Å²) in [4.78, 5) is 9.29. The third-order valence-corrected chi connectivity index (χ3v) is 7.30. The van der Waals surface area contributed by atoms with Crippen LogP contribution in [0.1, 0.15) is 31.7 Å². The zero-order chi connectivity index (χ0) is 21.3. The first-order valence-corrected chi connectivity index (χ1v) is 11.9. The molecular weight excluding hydrogens is 403 g/mol. The lowest BCUT2D eigenvalue weighted by atomic mass is 10.0. The number of sulfonamides is 1. The normalized spacial score (nSPS) is 17.9. The molecule has 1 aromatic carbocycles. The van der Waals surface area contributed by atoms with Crippen molar-refractivity contribution in [2.24, 2.45) is 11.8 Å². The molecule has 3 aromatic rings. The first-order valence-electron chi connectivity index (χ1n) is 10.3. The SMILES string of the molecule is CC(C)Cn1c(C[C@@H]2CCN(S(=O)(=O)Cc3cccc(F)c3)C2)nc2cccnc21. The molecule has 1 aliphatic heterocycles. The third-order valence-electron chi connectivity index (χ3n) is 5.48. The van der Waals surface area contributed by atoms with E-state index in [0.717, 1.165) is 36.4 Å². The molecule has 1 atom stereocenters. The predicted octanol–water partition coefficient (Wildman–Crippen LogP) is 3.62. The van der Waals surface area contributed by atoms with Gasteiger partial charge in [-0.2, -0.15) is 0 Å². The molecule has 30 heavy (non-hydrogen) atoms. The van der Waals surface area contributed by atoms with Crippen molar-refractivity contribution >= 4 is 21.2 Å². The van der Waals surface area contributed by atoms with E-state index in [9.17, 15) is 12.8 Å². The quantitative estimate of drug-likeness (QED) is 0.574. The number of aromatic nitrogens is 3. The van der Waals surface area contributed by atoms with E-state index in [1.807, 2.05) is 12.1 Å². The van der Waals surface area contributed by atoms with Gasteiger partial charge in [-0.15, -0.1) is 0 Å². The van der Waals surface area contributed by atoms with Crippen LogP contribution in [0, 0.1) is 17.7 Å². The second-order valence-electron chi connectivity index (χ2n) is 8.48. The van der Waals surface area contributed by atoms with E-state index < -0.39 is 15.8 Å². The Bertz CT molecular complexity index is 1140. The Morgan fingerprint density at radius 1 is 1.23 bits per heavy atom. The van der Waals surface area contributed by atoms with Gasteiger partial charge in [-0.25, -0.2) is 27.1 Å². The van der Waals surface area contributed by atoms with Crippen LogP contribution in [0.4, 0.5) is 4.39 Å². The number of hydrogen-bond acceptors (Lipinski definition) is 4. The molecule has 0 unspecified atom stereocenters. The summed E-state index contributed by atoms with van der Waals surface area (Å²) in [7, 11) is -3.48. The van der Waals surface area contributed by atoms with E-state index in [-0.39, 0.29) is 11.7 Å². The van der Waals surface area contributed by atoms with Crippen LogP contribution >= 0.6 is 0 Å². The van der Waals surface area contributed by atoms with Gasteiger partial charge < -0.3 is 4.57 Å². The Labute approximate surface area is 176 Å². The zero-order valence-electron chi connectivity index (χ0n) is 17.3. The summed E-state index contributed by atoms with van der Waals surface area (Å²) in [6, 6.07) is 9.64. The topological polar surface area (TPSA) is 68.1 Å². The van der Waals surface area contributed by atoms with Gasteiger partial charge in [0.1, 0.15) is 17.2 Å². The van der Waals surface area contributed by atoms with Gasteiger partial charge in [-0.3, -0.25) is 0 Å². The highest BCUT2D eigenvalue weighted by Gasteiger charge is 2.32. The van der Waals surface area contributed by atoms with Crippen LogP contribution in [-0.2, 0) is 28.7 Å². The Hall–Kier alpha value is -2.32. The van der Waals surface area contributed by atoms with E-state index in [1.54, 1.807) is 18.3 Å². The van der Waals surface area contributed by atoms with Crippen molar-refractivity contribution in [3.8, 4) is 0 Å². The first kappa shape index (κ1) is 20.9. The highest BCUT2D eigenvalue weighted by Crippen LogP contribution is 2.26. The molecule has 160 valence electrons. The van der Waals surface area contributed by atoms with Crippen LogP contribution in [0.15, 0.2) is 42.6 Å². The lowest BCUT2D eigenvalue weighted by molar-refractivity contribution is 0.444. The van der Waals surface area contributed by atoms with Gasteiger partial charge in [0.15, 0.2) is 5.65 Å². The van der Waals surface area contributed by atoms with Crippen LogP contribution in [-0.4, -0.2) is 40.3 Å². The fourth-order valence-corrected chi connectivity index (χ4v) is 5.73. The molecule has 3 heterocycles.